The third-order valence-corrected chi connectivity index (χ3v) is 3.63. The first-order valence-electron chi connectivity index (χ1n) is 4.64. The van der Waals surface area contributed by atoms with Crippen molar-refractivity contribution in [2.75, 3.05) is 12.3 Å². The maximum absolute atomic E-state index is 5.60. The number of imidazole rings is 1. The molecule has 5 heteroatoms. The van der Waals surface area contributed by atoms with Crippen LogP contribution in [0, 0.1) is 0 Å². The van der Waals surface area contributed by atoms with E-state index in [1.807, 2.05) is 0 Å². The smallest absolute Gasteiger partial charge is 0.194 e. The molecule has 14 heavy (non-hydrogen) atoms. The molecule has 0 aliphatic heterocycles. The fourth-order valence-corrected chi connectivity index (χ4v) is 3.01. The van der Waals surface area contributed by atoms with Gasteiger partial charge in [-0.25, -0.2) is 4.98 Å². The Hall–Kier alpha value is -0.520. The molecule has 0 bridgehead atoms. The molecule has 2 aromatic heterocycles. The monoisotopic (exact) mass is 227 g/mol. The molecule has 0 aliphatic rings. The van der Waals surface area contributed by atoms with Crippen LogP contribution in [-0.4, -0.2) is 21.7 Å². The minimum Gasteiger partial charge on any atom is -0.330 e. The Balaban J connectivity index is 2.46. The highest BCUT2D eigenvalue weighted by molar-refractivity contribution is 7.99. The van der Waals surface area contributed by atoms with E-state index in [2.05, 4.69) is 27.9 Å². The van der Waals surface area contributed by atoms with Crippen molar-refractivity contribution in [1.29, 1.82) is 0 Å². The van der Waals surface area contributed by atoms with Gasteiger partial charge in [-0.2, -0.15) is 0 Å². The van der Waals surface area contributed by atoms with E-state index in [0.717, 1.165) is 22.2 Å². The largest absolute Gasteiger partial charge is 0.330 e. The Morgan fingerprint density at radius 2 is 2.50 bits per heavy atom. The lowest BCUT2D eigenvalue weighted by molar-refractivity contribution is 0.879. The summed E-state index contributed by atoms with van der Waals surface area (Å²) < 4.78 is 2.15. The Kier molecular flexibility index (Phi) is 3.10. The molecule has 3 nitrogen and oxygen atoms in total. The van der Waals surface area contributed by atoms with Crippen LogP contribution in [0.1, 0.15) is 12.6 Å². The highest BCUT2D eigenvalue weighted by atomic mass is 32.2. The van der Waals surface area contributed by atoms with Gasteiger partial charge in [0.2, 0.25) is 0 Å². The van der Waals surface area contributed by atoms with E-state index in [-0.39, 0.29) is 0 Å². The number of fused-ring (bicyclic) bond motifs is 1. The lowest BCUT2D eigenvalue weighted by Gasteiger charge is -1.99. The number of hydrogen-bond donors (Lipinski definition) is 1. The number of thioether (sulfide) groups is 1. The lowest BCUT2D eigenvalue weighted by Crippen LogP contribution is -2.05. The first kappa shape index (κ1) is 10.0. The van der Waals surface area contributed by atoms with Crippen molar-refractivity contribution < 1.29 is 0 Å². The zero-order valence-electron chi connectivity index (χ0n) is 8.06. The second kappa shape index (κ2) is 4.33. The van der Waals surface area contributed by atoms with E-state index in [4.69, 9.17) is 5.73 Å². The fourth-order valence-electron chi connectivity index (χ4n) is 1.43. The van der Waals surface area contributed by atoms with E-state index in [9.17, 15) is 0 Å². The van der Waals surface area contributed by atoms with Crippen LogP contribution in [0.15, 0.2) is 16.6 Å². The first-order chi connectivity index (χ1) is 6.86. The Morgan fingerprint density at radius 3 is 3.21 bits per heavy atom. The van der Waals surface area contributed by atoms with Crippen molar-refractivity contribution in [2.24, 2.45) is 5.73 Å². The molecule has 2 rings (SSSR count). The Morgan fingerprint density at radius 1 is 1.64 bits per heavy atom. The van der Waals surface area contributed by atoms with Crippen molar-refractivity contribution in [3.8, 4) is 0 Å². The zero-order valence-corrected chi connectivity index (χ0v) is 9.70. The number of aromatic nitrogens is 2. The van der Waals surface area contributed by atoms with Gasteiger partial charge in [-0.15, -0.1) is 23.1 Å². The third kappa shape index (κ3) is 1.67. The molecule has 0 atom stereocenters. The summed E-state index contributed by atoms with van der Waals surface area (Å²) in [5.74, 6) is 1.06. The highest BCUT2D eigenvalue weighted by Gasteiger charge is 2.11. The van der Waals surface area contributed by atoms with Crippen molar-refractivity contribution in [1.82, 2.24) is 9.38 Å². The van der Waals surface area contributed by atoms with Gasteiger partial charge in [-0.1, -0.05) is 6.92 Å². The molecule has 2 aromatic rings. The van der Waals surface area contributed by atoms with Crippen LogP contribution in [0.25, 0.3) is 4.96 Å². The van der Waals surface area contributed by atoms with Crippen molar-refractivity contribution >= 4 is 28.1 Å². The number of nitrogens with zero attached hydrogens (tertiary/aromatic N) is 2. The first-order valence-corrected chi connectivity index (χ1v) is 6.50. The fraction of sp³-hybridized carbons (Fsp3) is 0.444. The molecule has 0 spiro atoms. The zero-order chi connectivity index (χ0) is 9.97. The predicted molar refractivity (Wildman–Crippen MR) is 62.2 cm³/mol. The summed E-state index contributed by atoms with van der Waals surface area (Å²) in [4.78, 5) is 5.64. The lowest BCUT2D eigenvalue weighted by atomic mass is 10.3. The number of hydrogen-bond acceptors (Lipinski definition) is 4. The van der Waals surface area contributed by atoms with Crippen LogP contribution >= 0.6 is 23.1 Å². The molecule has 2 heterocycles. The second-order valence-electron chi connectivity index (χ2n) is 2.89. The molecule has 0 amide bonds. The quantitative estimate of drug-likeness (QED) is 0.813. The molecule has 0 aromatic carbocycles. The van der Waals surface area contributed by atoms with Gasteiger partial charge in [-0.3, -0.25) is 4.40 Å². The van der Waals surface area contributed by atoms with Gasteiger partial charge in [0.05, 0.1) is 5.69 Å². The average Bonchev–Trinajstić information content (AvgIpc) is 2.71. The minimum absolute atomic E-state index is 0.681. The van der Waals surface area contributed by atoms with Gasteiger partial charge in [0.15, 0.2) is 4.96 Å². The summed E-state index contributed by atoms with van der Waals surface area (Å²) in [5.41, 5.74) is 6.86. The van der Waals surface area contributed by atoms with Crippen LogP contribution in [-0.2, 0) is 6.42 Å². The number of nitrogens with two attached hydrogens (primary N) is 1. The van der Waals surface area contributed by atoms with Gasteiger partial charge in [-0.05, 0) is 12.3 Å². The minimum atomic E-state index is 0.681. The maximum Gasteiger partial charge on any atom is 0.194 e. The highest BCUT2D eigenvalue weighted by Crippen LogP contribution is 2.25. The van der Waals surface area contributed by atoms with Gasteiger partial charge < -0.3 is 5.73 Å². The standard InChI is InChI=1S/C9H13N3S2/c1-2-13-8-7(3-4-10)12-5-6-14-9(12)11-8/h5-6H,2-4,10H2,1H3. The van der Waals surface area contributed by atoms with Crippen LogP contribution < -0.4 is 5.73 Å². The molecule has 0 unspecified atom stereocenters. The van der Waals surface area contributed by atoms with Gasteiger partial charge in [0, 0.05) is 18.0 Å². The van der Waals surface area contributed by atoms with Gasteiger partial charge >= 0.3 is 0 Å². The average molecular weight is 227 g/mol. The topological polar surface area (TPSA) is 43.3 Å². The summed E-state index contributed by atoms with van der Waals surface area (Å²) in [6.45, 7) is 2.82. The Bertz CT molecular complexity index is 419. The normalized spacial score (nSPS) is 11.3. The molecular weight excluding hydrogens is 214 g/mol. The molecule has 76 valence electrons. The maximum atomic E-state index is 5.60. The van der Waals surface area contributed by atoms with Gasteiger partial charge in [0.25, 0.3) is 0 Å². The third-order valence-electron chi connectivity index (χ3n) is 1.99. The molecule has 0 saturated heterocycles. The van der Waals surface area contributed by atoms with Crippen LogP contribution in [0.3, 0.4) is 0 Å². The summed E-state index contributed by atoms with van der Waals surface area (Å²) in [6, 6.07) is 0. The van der Waals surface area contributed by atoms with Crippen molar-refractivity contribution in [3.05, 3.63) is 17.3 Å². The number of thiazole rings is 1. The molecule has 2 N–H and O–H groups in total. The molecule has 0 aliphatic carbocycles. The second-order valence-corrected chi connectivity index (χ2v) is 5.02. The van der Waals surface area contributed by atoms with E-state index in [1.165, 1.54) is 5.69 Å². The van der Waals surface area contributed by atoms with Gasteiger partial charge in [0.1, 0.15) is 5.03 Å². The van der Waals surface area contributed by atoms with E-state index < -0.39 is 0 Å². The van der Waals surface area contributed by atoms with Crippen LogP contribution in [0.5, 0.6) is 0 Å². The SMILES string of the molecule is CCSc1nc2sccn2c1CCN. The number of rotatable bonds is 4. The van der Waals surface area contributed by atoms with Crippen molar-refractivity contribution in [3.63, 3.8) is 0 Å². The molecule has 0 saturated carbocycles. The summed E-state index contributed by atoms with van der Waals surface area (Å²) in [7, 11) is 0. The summed E-state index contributed by atoms with van der Waals surface area (Å²) in [5, 5.41) is 3.20. The summed E-state index contributed by atoms with van der Waals surface area (Å²) >= 11 is 3.46. The van der Waals surface area contributed by atoms with E-state index in [0.29, 0.717) is 6.54 Å². The van der Waals surface area contributed by atoms with Crippen LogP contribution in [0.2, 0.25) is 0 Å². The molecular formula is C9H13N3S2. The summed E-state index contributed by atoms with van der Waals surface area (Å²) in [6.07, 6.45) is 2.97. The van der Waals surface area contributed by atoms with E-state index >= 15 is 0 Å². The Labute approximate surface area is 91.3 Å². The van der Waals surface area contributed by atoms with E-state index in [1.54, 1.807) is 23.1 Å². The predicted octanol–water partition coefficient (Wildman–Crippen LogP) is 2.01. The van der Waals surface area contributed by atoms with Crippen LogP contribution in [0.4, 0.5) is 0 Å². The molecule has 0 fully saturated rings. The van der Waals surface area contributed by atoms with Crippen molar-refractivity contribution in [2.45, 2.75) is 18.4 Å². The molecule has 0 radical (unpaired) electrons.